The number of nitrogens with two attached hydrogens (primary N) is 1. The van der Waals surface area contributed by atoms with E-state index in [-0.39, 0.29) is 0 Å². The Hall–Kier alpha value is -0.505. The summed E-state index contributed by atoms with van der Waals surface area (Å²) in [6, 6.07) is 0. The second kappa shape index (κ2) is 2.72. The number of carbonyl (C=O) groups is 1. The van der Waals surface area contributed by atoms with Gasteiger partial charge in [0.25, 0.3) is 5.97 Å². The van der Waals surface area contributed by atoms with E-state index in [1.54, 1.807) is 0 Å². The minimum Gasteiger partial charge on any atom is -0.522 e. The Morgan fingerprint density at radius 2 is 2.50 bits per heavy atom. The third-order valence-electron chi connectivity index (χ3n) is 0.234. The zero-order chi connectivity index (χ0) is 4.99. The predicted octanol–water partition coefficient (Wildman–Crippen LogP) is -0.958. The number of hydrogen-bond acceptors (Lipinski definition) is 3. The Kier molecular flexibility index (Phi) is 2.49. The molecule has 0 atom stereocenters. The van der Waals surface area contributed by atoms with E-state index in [9.17, 15) is 4.79 Å². The van der Waals surface area contributed by atoms with Gasteiger partial charge in [0.2, 0.25) is 0 Å². The largest absolute Gasteiger partial charge is 0.522 e. The van der Waals surface area contributed by atoms with Crippen LogP contribution in [-0.2, 0) is 9.45 Å². The fraction of sp³-hybridized carbons (Fsp3) is 0.500. The Balaban J connectivity index is 2.83. The lowest BCUT2D eigenvalue weighted by Gasteiger charge is -1.87. The first-order valence-electron chi connectivity index (χ1n) is 1.48. The molecule has 0 saturated heterocycles. The van der Waals surface area contributed by atoms with Crippen LogP contribution >= 0.6 is 0 Å². The smallest absolute Gasteiger partial charge is 0.476 e. The van der Waals surface area contributed by atoms with Crippen molar-refractivity contribution in [2.45, 2.75) is 6.92 Å². The van der Waals surface area contributed by atoms with Gasteiger partial charge >= 0.3 is 7.62 Å². The van der Waals surface area contributed by atoms with E-state index in [2.05, 4.69) is 10.3 Å². The second-order valence-electron chi connectivity index (χ2n) is 0.746. The molecule has 0 bridgehead atoms. The summed E-state index contributed by atoms with van der Waals surface area (Å²) in [5.41, 5.74) is 4.66. The minimum atomic E-state index is -0.391. The molecular formula is C2H5BNO2. The molecule has 4 heteroatoms. The van der Waals surface area contributed by atoms with Crippen molar-refractivity contribution in [1.29, 1.82) is 0 Å². The van der Waals surface area contributed by atoms with Crippen molar-refractivity contribution >= 4 is 13.6 Å². The molecule has 33 valence electrons. The zero-order valence-electron chi connectivity index (χ0n) is 3.47. The Bertz CT molecular complexity index is 55.5. The van der Waals surface area contributed by atoms with Crippen molar-refractivity contribution in [2.24, 2.45) is 5.64 Å². The molecule has 0 fully saturated rings. The molecule has 3 nitrogen and oxygen atoms in total. The lowest BCUT2D eigenvalue weighted by Crippen LogP contribution is -2.12. The summed E-state index contributed by atoms with van der Waals surface area (Å²) in [7, 11) is 0.850. The van der Waals surface area contributed by atoms with Gasteiger partial charge in [0.1, 0.15) is 0 Å². The monoisotopic (exact) mass is 86.0 g/mol. The Labute approximate surface area is 36.8 Å². The highest BCUT2D eigenvalue weighted by Gasteiger charge is 1.85. The maximum absolute atomic E-state index is 9.71. The fourth-order valence-electron chi connectivity index (χ4n) is 0.0958. The predicted molar refractivity (Wildman–Crippen MR) is 21.7 cm³/mol. The first-order valence-corrected chi connectivity index (χ1v) is 1.48. The van der Waals surface area contributed by atoms with E-state index in [4.69, 9.17) is 0 Å². The van der Waals surface area contributed by atoms with E-state index in [1.165, 1.54) is 6.92 Å². The third kappa shape index (κ3) is 3.49. The zero-order valence-corrected chi connectivity index (χ0v) is 3.47. The quantitative estimate of drug-likeness (QED) is 0.418. The van der Waals surface area contributed by atoms with Gasteiger partial charge in [-0.2, -0.15) is 0 Å². The van der Waals surface area contributed by atoms with Gasteiger partial charge in [-0.1, -0.05) is 0 Å². The van der Waals surface area contributed by atoms with Crippen LogP contribution in [0.5, 0.6) is 0 Å². The first-order chi connectivity index (χ1) is 2.77. The van der Waals surface area contributed by atoms with Gasteiger partial charge in [-0.3, -0.25) is 4.79 Å². The standard InChI is InChI=1S/C2H5BNO2/c1-2(5)6-3-4/h4H2,1H3. The van der Waals surface area contributed by atoms with Crippen LogP contribution in [0.15, 0.2) is 0 Å². The molecule has 0 aliphatic carbocycles. The molecule has 0 unspecified atom stereocenters. The van der Waals surface area contributed by atoms with Crippen LogP contribution in [0, 0.1) is 0 Å². The molecule has 6 heavy (non-hydrogen) atoms. The molecule has 1 radical (unpaired) electrons. The molecule has 0 aliphatic rings. The average molecular weight is 85.9 g/mol. The van der Waals surface area contributed by atoms with Crippen LogP contribution in [-0.4, -0.2) is 13.6 Å². The highest BCUT2D eigenvalue weighted by molar-refractivity contribution is 6.25. The summed E-state index contributed by atoms with van der Waals surface area (Å²) in [6.07, 6.45) is 0. The Morgan fingerprint density at radius 3 is 2.50 bits per heavy atom. The van der Waals surface area contributed by atoms with Crippen LogP contribution in [0.3, 0.4) is 0 Å². The van der Waals surface area contributed by atoms with E-state index in [0.717, 1.165) is 7.62 Å². The van der Waals surface area contributed by atoms with Gasteiger partial charge < -0.3 is 10.3 Å². The summed E-state index contributed by atoms with van der Waals surface area (Å²) >= 11 is 0. The van der Waals surface area contributed by atoms with E-state index >= 15 is 0 Å². The summed E-state index contributed by atoms with van der Waals surface area (Å²) in [4.78, 5) is 9.71. The van der Waals surface area contributed by atoms with Gasteiger partial charge in [-0.25, -0.2) is 0 Å². The van der Waals surface area contributed by atoms with Crippen molar-refractivity contribution < 1.29 is 9.45 Å². The second-order valence-corrected chi connectivity index (χ2v) is 0.746. The first kappa shape index (κ1) is 5.49. The van der Waals surface area contributed by atoms with Gasteiger partial charge in [0.05, 0.1) is 0 Å². The highest BCUT2D eigenvalue weighted by Crippen LogP contribution is 1.62. The van der Waals surface area contributed by atoms with Gasteiger partial charge in [0, 0.05) is 6.92 Å². The van der Waals surface area contributed by atoms with Crippen LogP contribution in [0.25, 0.3) is 0 Å². The molecule has 0 rings (SSSR count). The molecule has 0 spiro atoms. The van der Waals surface area contributed by atoms with E-state index in [0.29, 0.717) is 0 Å². The highest BCUT2D eigenvalue weighted by atomic mass is 16.5. The average Bonchev–Trinajstić information content (AvgIpc) is 1.35. The van der Waals surface area contributed by atoms with Gasteiger partial charge in [-0.05, 0) is 0 Å². The maximum atomic E-state index is 9.71. The molecule has 0 aromatic carbocycles. The topological polar surface area (TPSA) is 52.3 Å². The molecular weight excluding hydrogens is 80.8 g/mol. The molecule has 2 N–H and O–H groups in total. The lowest BCUT2D eigenvalue weighted by atomic mass is 10.3. The van der Waals surface area contributed by atoms with Crippen molar-refractivity contribution in [2.75, 3.05) is 0 Å². The van der Waals surface area contributed by atoms with Crippen molar-refractivity contribution in [1.82, 2.24) is 0 Å². The van der Waals surface area contributed by atoms with Crippen molar-refractivity contribution in [3.05, 3.63) is 0 Å². The van der Waals surface area contributed by atoms with Crippen LogP contribution in [0.4, 0.5) is 0 Å². The van der Waals surface area contributed by atoms with E-state index in [1.807, 2.05) is 0 Å². The summed E-state index contributed by atoms with van der Waals surface area (Å²) < 4.78 is 4.06. The minimum absolute atomic E-state index is 0.391. The lowest BCUT2D eigenvalue weighted by molar-refractivity contribution is -0.131. The number of carbonyl (C=O) groups excluding carboxylic acids is 1. The summed E-state index contributed by atoms with van der Waals surface area (Å²) in [5.74, 6) is -0.391. The normalized spacial score (nSPS) is 7.00. The number of hydrogen-bond donors (Lipinski definition) is 1. The van der Waals surface area contributed by atoms with Gasteiger partial charge in [0.15, 0.2) is 0 Å². The molecule has 0 amide bonds. The van der Waals surface area contributed by atoms with Crippen molar-refractivity contribution in [3.8, 4) is 0 Å². The SMILES string of the molecule is CC(=O)O[B]N. The summed E-state index contributed by atoms with van der Waals surface area (Å²) in [6.45, 7) is 1.28. The van der Waals surface area contributed by atoms with Gasteiger partial charge in [-0.15, -0.1) is 0 Å². The Morgan fingerprint density at radius 1 is 2.00 bits per heavy atom. The summed E-state index contributed by atoms with van der Waals surface area (Å²) in [5, 5.41) is 0. The number of rotatable bonds is 1. The van der Waals surface area contributed by atoms with Crippen LogP contribution in [0.2, 0.25) is 0 Å². The van der Waals surface area contributed by atoms with Crippen LogP contribution < -0.4 is 5.64 Å². The molecule has 0 saturated carbocycles. The van der Waals surface area contributed by atoms with Crippen molar-refractivity contribution in [3.63, 3.8) is 0 Å². The van der Waals surface area contributed by atoms with E-state index < -0.39 is 5.97 Å². The maximum Gasteiger partial charge on any atom is 0.476 e. The van der Waals surface area contributed by atoms with Crippen LogP contribution in [0.1, 0.15) is 6.92 Å². The fourth-order valence-corrected chi connectivity index (χ4v) is 0.0958. The molecule has 0 aromatic rings. The molecule has 0 aliphatic heterocycles. The molecule has 0 heterocycles. The molecule has 0 aromatic heterocycles. The third-order valence-corrected chi connectivity index (χ3v) is 0.234.